The highest BCUT2D eigenvalue weighted by atomic mass is 32.2. The summed E-state index contributed by atoms with van der Waals surface area (Å²) in [6, 6.07) is 8.65. The molecule has 2 aliphatic rings. The maximum Gasteiger partial charge on any atom is 0.328 e. The van der Waals surface area contributed by atoms with Gasteiger partial charge in [0, 0.05) is 23.6 Å². The smallest absolute Gasteiger partial charge is 0.328 e. The van der Waals surface area contributed by atoms with E-state index < -0.39 is 37.9 Å². The Morgan fingerprint density at radius 1 is 1.33 bits per heavy atom. The van der Waals surface area contributed by atoms with E-state index in [-0.39, 0.29) is 12.1 Å². The standard InChI is InChI=1S/C18H16N2O6S/c1-18(16(17(22)23)19-14(21)10-15(19)27(18,25)26)9-8-12-7-6-11-4-2-3-5-13(11)20(12)24/h2-9,15-16H,10H2,1H3,(H,22,23)/t15-,16+,18?/m1/s1. The molecular formula is C18H16N2O6S. The van der Waals surface area contributed by atoms with Crippen LogP contribution < -0.4 is 4.73 Å². The maximum atomic E-state index is 12.9. The molecule has 2 aromatic rings. The van der Waals surface area contributed by atoms with Gasteiger partial charge in [0.2, 0.25) is 17.1 Å². The fraction of sp³-hybridized carbons (Fsp3) is 0.278. The maximum absolute atomic E-state index is 12.9. The number of aliphatic carboxylic acids is 1. The van der Waals surface area contributed by atoms with Crippen molar-refractivity contribution in [2.75, 3.05) is 0 Å². The van der Waals surface area contributed by atoms with Crippen LogP contribution in [0.3, 0.4) is 0 Å². The Bertz CT molecular complexity index is 1130. The zero-order valence-electron chi connectivity index (χ0n) is 14.3. The Morgan fingerprint density at radius 3 is 2.70 bits per heavy atom. The molecule has 140 valence electrons. The summed E-state index contributed by atoms with van der Waals surface area (Å²) in [5, 5.41) is 21.7. The molecule has 0 aliphatic carbocycles. The Morgan fingerprint density at radius 2 is 2.04 bits per heavy atom. The van der Waals surface area contributed by atoms with Crippen LogP contribution in [0.4, 0.5) is 0 Å². The number of para-hydroxylation sites is 1. The molecule has 4 rings (SSSR count). The largest absolute Gasteiger partial charge is 0.618 e. The number of amides is 1. The zero-order chi connectivity index (χ0) is 19.6. The second-order valence-corrected chi connectivity index (χ2v) is 9.39. The Balaban J connectivity index is 1.81. The quantitative estimate of drug-likeness (QED) is 0.469. The van der Waals surface area contributed by atoms with Crippen LogP contribution in [0.25, 0.3) is 17.0 Å². The molecule has 1 aromatic carbocycles. The van der Waals surface area contributed by atoms with Gasteiger partial charge in [0.05, 0.1) is 6.42 Å². The molecule has 27 heavy (non-hydrogen) atoms. The minimum atomic E-state index is -3.95. The lowest BCUT2D eigenvalue weighted by molar-refractivity contribution is -0.579. The first-order chi connectivity index (χ1) is 12.7. The van der Waals surface area contributed by atoms with Crippen molar-refractivity contribution >= 4 is 38.7 Å². The van der Waals surface area contributed by atoms with Gasteiger partial charge in [-0.2, -0.15) is 4.73 Å². The number of carboxylic acid groups (broad SMARTS) is 1. The predicted octanol–water partition coefficient (Wildman–Crippen LogP) is 0.685. The minimum absolute atomic E-state index is 0.176. The van der Waals surface area contributed by atoms with Crippen molar-refractivity contribution in [1.82, 2.24) is 4.90 Å². The average molecular weight is 388 g/mol. The number of carbonyl (C=O) groups is 2. The number of pyridine rings is 1. The van der Waals surface area contributed by atoms with Crippen LogP contribution in [0.15, 0.2) is 42.5 Å². The molecular weight excluding hydrogens is 372 g/mol. The molecule has 0 saturated carbocycles. The van der Waals surface area contributed by atoms with E-state index in [9.17, 15) is 28.3 Å². The third-order valence-corrected chi connectivity index (χ3v) is 8.08. The highest BCUT2D eigenvalue weighted by Crippen LogP contribution is 2.46. The Kier molecular flexibility index (Phi) is 3.58. The number of fused-ring (bicyclic) bond motifs is 2. The number of carboxylic acids is 1. The van der Waals surface area contributed by atoms with Gasteiger partial charge in [-0.15, -0.1) is 0 Å². The van der Waals surface area contributed by atoms with Gasteiger partial charge < -0.3 is 15.2 Å². The molecule has 0 radical (unpaired) electrons. The van der Waals surface area contributed by atoms with Crippen LogP contribution in [0.2, 0.25) is 0 Å². The molecule has 2 saturated heterocycles. The van der Waals surface area contributed by atoms with Crippen molar-refractivity contribution in [3.63, 3.8) is 0 Å². The van der Waals surface area contributed by atoms with Gasteiger partial charge in [0.25, 0.3) is 0 Å². The molecule has 0 spiro atoms. The first-order valence-corrected chi connectivity index (χ1v) is 9.81. The normalized spacial score (nSPS) is 29.1. The molecule has 1 aromatic heterocycles. The van der Waals surface area contributed by atoms with Crippen molar-refractivity contribution in [2.24, 2.45) is 0 Å². The van der Waals surface area contributed by atoms with Crippen LogP contribution >= 0.6 is 0 Å². The zero-order valence-corrected chi connectivity index (χ0v) is 15.1. The fourth-order valence-electron chi connectivity index (χ4n) is 3.82. The molecule has 0 bridgehead atoms. The van der Waals surface area contributed by atoms with Crippen molar-refractivity contribution < 1.29 is 27.8 Å². The number of benzene rings is 1. The summed E-state index contributed by atoms with van der Waals surface area (Å²) in [4.78, 5) is 24.4. The van der Waals surface area contributed by atoms with E-state index in [1.165, 1.54) is 25.1 Å². The number of rotatable bonds is 3. The molecule has 1 amide bonds. The second kappa shape index (κ2) is 5.53. The van der Waals surface area contributed by atoms with Gasteiger partial charge in [-0.1, -0.05) is 18.2 Å². The third kappa shape index (κ3) is 2.21. The molecule has 2 fully saturated rings. The second-order valence-electron chi connectivity index (χ2n) is 6.87. The number of carbonyl (C=O) groups excluding carboxylic acids is 1. The van der Waals surface area contributed by atoms with Gasteiger partial charge in [-0.3, -0.25) is 4.79 Å². The first kappa shape index (κ1) is 17.5. The predicted molar refractivity (Wildman–Crippen MR) is 95.9 cm³/mol. The molecule has 8 nitrogen and oxygen atoms in total. The summed E-state index contributed by atoms with van der Waals surface area (Å²) >= 11 is 0. The highest BCUT2D eigenvalue weighted by Gasteiger charge is 2.69. The number of aromatic nitrogens is 1. The molecule has 2 aliphatic heterocycles. The lowest BCUT2D eigenvalue weighted by Crippen LogP contribution is -2.57. The van der Waals surface area contributed by atoms with Crippen LogP contribution in [0.5, 0.6) is 0 Å². The van der Waals surface area contributed by atoms with E-state index in [4.69, 9.17) is 0 Å². The van der Waals surface area contributed by atoms with E-state index in [0.29, 0.717) is 10.2 Å². The summed E-state index contributed by atoms with van der Waals surface area (Å²) in [6.07, 6.45) is 2.31. The van der Waals surface area contributed by atoms with Gasteiger partial charge in [-0.05, 0) is 19.1 Å². The monoisotopic (exact) mass is 388 g/mol. The van der Waals surface area contributed by atoms with E-state index in [1.54, 1.807) is 30.3 Å². The molecule has 3 heterocycles. The van der Waals surface area contributed by atoms with E-state index in [0.717, 1.165) is 10.3 Å². The number of hydrogen-bond acceptors (Lipinski definition) is 5. The molecule has 1 N–H and O–H groups in total. The summed E-state index contributed by atoms with van der Waals surface area (Å²) in [6.45, 7) is 1.28. The average Bonchev–Trinajstić information content (AvgIpc) is 2.76. The number of sulfone groups is 1. The van der Waals surface area contributed by atoms with Crippen molar-refractivity contribution in [3.8, 4) is 0 Å². The van der Waals surface area contributed by atoms with Gasteiger partial charge in [0.1, 0.15) is 10.1 Å². The number of β-lactam (4-membered cyclic amide) rings is 1. The third-order valence-electron chi connectivity index (χ3n) is 5.38. The van der Waals surface area contributed by atoms with Gasteiger partial charge >= 0.3 is 5.97 Å². The van der Waals surface area contributed by atoms with E-state index in [2.05, 4.69) is 0 Å². The summed E-state index contributed by atoms with van der Waals surface area (Å²) in [5.41, 5.74) is 0.586. The molecule has 3 atom stereocenters. The van der Waals surface area contributed by atoms with Gasteiger partial charge in [-0.25, -0.2) is 13.2 Å². The first-order valence-electron chi connectivity index (χ1n) is 8.26. The lowest BCUT2D eigenvalue weighted by atomic mass is 9.95. The Labute approximate surface area is 154 Å². The topological polar surface area (TPSA) is 119 Å². The molecule has 1 unspecified atom stereocenters. The van der Waals surface area contributed by atoms with Crippen molar-refractivity contribution in [1.29, 1.82) is 0 Å². The lowest BCUT2D eigenvalue weighted by Gasteiger charge is -2.35. The van der Waals surface area contributed by atoms with E-state index >= 15 is 0 Å². The Hall–Kier alpha value is -2.94. The minimum Gasteiger partial charge on any atom is -0.618 e. The number of hydrogen-bond donors (Lipinski definition) is 1. The summed E-state index contributed by atoms with van der Waals surface area (Å²) in [5.74, 6) is -1.90. The fourth-order valence-corrected chi connectivity index (χ4v) is 6.09. The van der Waals surface area contributed by atoms with Crippen LogP contribution in [0.1, 0.15) is 19.0 Å². The summed E-state index contributed by atoms with van der Waals surface area (Å²) in [7, 11) is -3.95. The van der Waals surface area contributed by atoms with E-state index in [1.807, 2.05) is 0 Å². The SMILES string of the molecule is CC1(C=Cc2ccc3ccccc3[n+]2[O-])[C@H](C(=O)O)N2C(=O)C[C@H]2S1(=O)=O. The molecule has 9 heteroatoms. The van der Waals surface area contributed by atoms with Crippen molar-refractivity contribution in [2.45, 2.75) is 29.5 Å². The van der Waals surface area contributed by atoms with Gasteiger partial charge in [0.15, 0.2) is 15.9 Å². The van der Waals surface area contributed by atoms with Crippen molar-refractivity contribution in [3.05, 3.63) is 53.4 Å². The number of nitrogens with zero attached hydrogens (tertiary/aromatic N) is 2. The van der Waals surface area contributed by atoms with Crippen LogP contribution in [0, 0.1) is 5.21 Å². The highest BCUT2D eigenvalue weighted by molar-refractivity contribution is 7.94. The van der Waals surface area contributed by atoms with Crippen LogP contribution in [-0.4, -0.2) is 46.5 Å². The van der Waals surface area contributed by atoms with Crippen LogP contribution in [-0.2, 0) is 19.4 Å². The summed E-state index contributed by atoms with van der Waals surface area (Å²) < 4.78 is 24.6.